The molecule has 0 spiro atoms. The van der Waals surface area contributed by atoms with Crippen molar-refractivity contribution in [3.05, 3.63) is 35.4 Å². The predicted molar refractivity (Wildman–Crippen MR) is 88.6 cm³/mol. The minimum atomic E-state index is -0.499. The molecule has 0 unspecified atom stereocenters. The molecule has 0 radical (unpaired) electrons. The third kappa shape index (κ3) is 4.56. The molecule has 0 aliphatic heterocycles. The smallest absolute Gasteiger partial charge is 0.251 e. The van der Waals surface area contributed by atoms with Gasteiger partial charge >= 0.3 is 0 Å². The number of nitrogens with one attached hydrogen (secondary N) is 2. The number of amides is 2. The van der Waals surface area contributed by atoms with E-state index in [2.05, 4.69) is 10.6 Å². The molecule has 5 nitrogen and oxygen atoms in total. The highest BCUT2D eigenvalue weighted by molar-refractivity contribution is 5.94. The zero-order valence-corrected chi connectivity index (χ0v) is 13.7. The third-order valence-electron chi connectivity index (χ3n) is 4.20. The van der Waals surface area contributed by atoms with E-state index in [-0.39, 0.29) is 11.8 Å². The van der Waals surface area contributed by atoms with Gasteiger partial charge in [-0.05, 0) is 31.9 Å². The number of hydrogen-bond acceptors (Lipinski definition) is 3. The lowest BCUT2D eigenvalue weighted by atomic mass is 9.81. The summed E-state index contributed by atoms with van der Waals surface area (Å²) in [7, 11) is 0. The van der Waals surface area contributed by atoms with Crippen molar-refractivity contribution >= 4 is 11.8 Å². The number of hydrogen-bond donors (Lipinski definition) is 3. The molecule has 122 valence electrons. The van der Waals surface area contributed by atoms with E-state index in [1.807, 2.05) is 39.0 Å². The van der Waals surface area contributed by atoms with E-state index in [0.717, 1.165) is 5.56 Å². The molecule has 1 aromatic carbocycles. The van der Waals surface area contributed by atoms with Crippen LogP contribution in [0.25, 0.3) is 0 Å². The highest BCUT2D eigenvalue weighted by Crippen LogP contribution is 2.24. The Morgan fingerprint density at radius 2 is 1.77 bits per heavy atom. The molecular weight excluding hydrogens is 278 g/mol. The van der Waals surface area contributed by atoms with Gasteiger partial charge in [0.1, 0.15) is 0 Å². The molecule has 1 aromatic rings. The summed E-state index contributed by atoms with van der Waals surface area (Å²) in [6.07, 6.45) is 1.42. The monoisotopic (exact) mass is 305 g/mol. The van der Waals surface area contributed by atoms with Gasteiger partial charge in [0.25, 0.3) is 5.91 Å². The summed E-state index contributed by atoms with van der Waals surface area (Å²) in [6.45, 7) is 7.01. The van der Waals surface area contributed by atoms with Crippen molar-refractivity contribution in [1.29, 1.82) is 0 Å². The highest BCUT2D eigenvalue weighted by Gasteiger charge is 2.32. The number of carbonyl (C=O) groups is 2. The molecule has 0 saturated heterocycles. The van der Waals surface area contributed by atoms with E-state index in [4.69, 9.17) is 5.73 Å². The Balaban J connectivity index is 2.42. The maximum atomic E-state index is 12.2. The van der Waals surface area contributed by atoms with Crippen LogP contribution in [0, 0.1) is 12.3 Å². The summed E-state index contributed by atoms with van der Waals surface area (Å²) < 4.78 is 0. The van der Waals surface area contributed by atoms with Gasteiger partial charge in [-0.1, -0.05) is 31.5 Å². The molecule has 0 aliphatic rings. The summed E-state index contributed by atoms with van der Waals surface area (Å²) in [5, 5.41) is 5.66. The first kappa shape index (κ1) is 18.2. The Labute approximate surface area is 132 Å². The summed E-state index contributed by atoms with van der Waals surface area (Å²) in [5.74, 6) is -0.168. The second-order valence-corrected chi connectivity index (χ2v) is 5.57. The molecule has 22 heavy (non-hydrogen) atoms. The molecule has 0 heterocycles. The Bertz CT molecular complexity index is 502. The number of benzene rings is 1. The van der Waals surface area contributed by atoms with Crippen molar-refractivity contribution in [2.45, 2.75) is 33.6 Å². The average Bonchev–Trinajstić information content (AvgIpc) is 2.53. The predicted octanol–water partition coefficient (Wildman–Crippen LogP) is 1.61. The standard InChI is InChI=1S/C17H27N3O2/c1-4-17(5-2,12-18)16(22)20-10-9-19-15(21)14-8-6-7-13(3)11-14/h6-8,11H,4-5,9-10,12,18H2,1-3H3,(H,19,21)(H,20,22). The second kappa shape index (κ2) is 8.54. The lowest BCUT2D eigenvalue weighted by molar-refractivity contribution is -0.130. The van der Waals surface area contributed by atoms with Crippen molar-refractivity contribution < 1.29 is 9.59 Å². The molecule has 4 N–H and O–H groups in total. The first-order valence-corrected chi connectivity index (χ1v) is 7.82. The minimum absolute atomic E-state index is 0.0372. The lowest BCUT2D eigenvalue weighted by Crippen LogP contribution is -2.47. The van der Waals surface area contributed by atoms with E-state index >= 15 is 0 Å². The van der Waals surface area contributed by atoms with Gasteiger partial charge < -0.3 is 16.4 Å². The van der Waals surface area contributed by atoms with Crippen molar-refractivity contribution in [2.24, 2.45) is 11.1 Å². The Morgan fingerprint density at radius 3 is 2.32 bits per heavy atom. The van der Waals surface area contributed by atoms with Crippen LogP contribution in [0.4, 0.5) is 0 Å². The van der Waals surface area contributed by atoms with Gasteiger partial charge in [-0.3, -0.25) is 9.59 Å². The molecular formula is C17H27N3O2. The third-order valence-corrected chi connectivity index (χ3v) is 4.20. The van der Waals surface area contributed by atoms with Gasteiger partial charge in [-0.15, -0.1) is 0 Å². The first-order valence-electron chi connectivity index (χ1n) is 7.82. The van der Waals surface area contributed by atoms with Gasteiger partial charge in [0.05, 0.1) is 5.41 Å². The quantitative estimate of drug-likeness (QED) is 0.638. The molecule has 0 bridgehead atoms. The van der Waals surface area contributed by atoms with Crippen LogP contribution in [-0.2, 0) is 4.79 Å². The van der Waals surface area contributed by atoms with Gasteiger partial charge in [-0.2, -0.15) is 0 Å². The Morgan fingerprint density at radius 1 is 1.14 bits per heavy atom. The normalized spacial score (nSPS) is 11.1. The number of rotatable bonds is 8. The lowest BCUT2D eigenvalue weighted by Gasteiger charge is -2.28. The fraction of sp³-hybridized carbons (Fsp3) is 0.529. The molecule has 0 aromatic heterocycles. The maximum absolute atomic E-state index is 12.2. The van der Waals surface area contributed by atoms with E-state index in [0.29, 0.717) is 38.0 Å². The zero-order valence-electron chi connectivity index (χ0n) is 13.7. The Hall–Kier alpha value is -1.88. The largest absolute Gasteiger partial charge is 0.354 e. The zero-order chi connectivity index (χ0) is 16.6. The average molecular weight is 305 g/mol. The molecule has 0 aliphatic carbocycles. The summed E-state index contributed by atoms with van der Waals surface area (Å²) in [6, 6.07) is 7.40. The minimum Gasteiger partial charge on any atom is -0.354 e. The fourth-order valence-corrected chi connectivity index (χ4v) is 2.38. The van der Waals surface area contributed by atoms with Crippen LogP contribution in [0.3, 0.4) is 0 Å². The van der Waals surface area contributed by atoms with E-state index in [9.17, 15) is 9.59 Å². The molecule has 0 fully saturated rings. The van der Waals surface area contributed by atoms with Crippen molar-refractivity contribution in [2.75, 3.05) is 19.6 Å². The molecule has 0 saturated carbocycles. The van der Waals surface area contributed by atoms with Crippen LogP contribution in [0.1, 0.15) is 42.6 Å². The van der Waals surface area contributed by atoms with Crippen molar-refractivity contribution in [3.8, 4) is 0 Å². The molecule has 1 rings (SSSR count). The van der Waals surface area contributed by atoms with Crippen LogP contribution < -0.4 is 16.4 Å². The maximum Gasteiger partial charge on any atom is 0.251 e. The first-order chi connectivity index (χ1) is 10.5. The van der Waals surface area contributed by atoms with Gasteiger partial charge in [0, 0.05) is 25.2 Å². The van der Waals surface area contributed by atoms with Gasteiger partial charge in [0.2, 0.25) is 5.91 Å². The van der Waals surface area contributed by atoms with Gasteiger partial charge in [0.15, 0.2) is 0 Å². The summed E-state index contributed by atoms with van der Waals surface area (Å²) in [5.41, 5.74) is 6.91. The van der Waals surface area contributed by atoms with E-state index in [1.54, 1.807) is 6.07 Å². The molecule has 5 heteroatoms. The van der Waals surface area contributed by atoms with Crippen LogP contribution in [0.15, 0.2) is 24.3 Å². The van der Waals surface area contributed by atoms with Gasteiger partial charge in [-0.25, -0.2) is 0 Å². The fourth-order valence-electron chi connectivity index (χ4n) is 2.38. The van der Waals surface area contributed by atoms with E-state index < -0.39 is 5.41 Å². The van der Waals surface area contributed by atoms with Crippen LogP contribution >= 0.6 is 0 Å². The van der Waals surface area contributed by atoms with E-state index in [1.165, 1.54) is 0 Å². The number of nitrogens with two attached hydrogens (primary N) is 1. The molecule has 2 amide bonds. The highest BCUT2D eigenvalue weighted by atomic mass is 16.2. The summed E-state index contributed by atoms with van der Waals surface area (Å²) >= 11 is 0. The topological polar surface area (TPSA) is 84.2 Å². The van der Waals surface area contributed by atoms with Crippen LogP contribution in [0.5, 0.6) is 0 Å². The summed E-state index contributed by atoms with van der Waals surface area (Å²) in [4.78, 5) is 24.2. The van der Waals surface area contributed by atoms with Crippen LogP contribution in [0.2, 0.25) is 0 Å². The number of carbonyl (C=O) groups excluding carboxylic acids is 2. The van der Waals surface area contributed by atoms with Crippen LogP contribution in [-0.4, -0.2) is 31.4 Å². The van der Waals surface area contributed by atoms with Crippen molar-refractivity contribution in [3.63, 3.8) is 0 Å². The van der Waals surface area contributed by atoms with Crippen molar-refractivity contribution in [1.82, 2.24) is 10.6 Å². The Kier molecular flexibility index (Phi) is 7.05. The molecule has 0 atom stereocenters. The number of aryl methyl sites for hydroxylation is 1. The second-order valence-electron chi connectivity index (χ2n) is 5.57. The SMILES string of the molecule is CCC(CC)(CN)C(=O)NCCNC(=O)c1cccc(C)c1.